The molecule has 2 fully saturated rings. The van der Waals surface area contributed by atoms with Crippen molar-refractivity contribution in [2.45, 2.75) is 18.3 Å². The van der Waals surface area contributed by atoms with Crippen LogP contribution in [-0.2, 0) is 14.4 Å². The molecule has 4 atom stereocenters. The third-order valence-corrected chi connectivity index (χ3v) is 6.83. The monoisotopic (exact) mass is 421 g/mol. The van der Waals surface area contributed by atoms with E-state index in [-0.39, 0.29) is 23.5 Å². The predicted molar refractivity (Wildman–Crippen MR) is 118 cm³/mol. The van der Waals surface area contributed by atoms with Gasteiger partial charge in [0, 0.05) is 12.3 Å². The van der Waals surface area contributed by atoms with E-state index in [0.29, 0.717) is 17.8 Å². The maximum absolute atomic E-state index is 13.4. The van der Waals surface area contributed by atoms with Crippen molar-refractivity contribution >= 4 is 34.7 Å². The molecule has 3 aromatic rings. The number of benzene rings is 3. The summed E-state index contributed by atoms with van der Waals surface area (Å²) in [6.45, 7) is 0. The van der Waals surface area contributed by atoms with Crippen molar-refractivity contribution < 1.29 is 14.4 Å². The van der Waals surface area contributed by atoms with Gasteiger partial charge in [-0.25, -0.2) is 0 Å². The normalized spacial score (nSPS) is 26.0. The van der Waals surface area contributed by atoms with Crippen molar-refractivity contribution in [1.29, 1.82) is 0 Å². The first-order valence-corrected chi connectivity index (χ1v) is 10.7. The number of hydrogen-bond donors (Lipinski definition) is 0. The van der Waals surface area contributed by atoms with E-state index in [1.54, 1.807) is 24.3 Å². The molecular weight excluding hydrogens is 402 g/mol. The average molecular weight is 421 g/mol. The lowest BCUT2D eigenvalue weighted by atomic mass is 9.56. The highest BCUT2D eigenvalue weighted by atomic mass is 16.2. The molecule has 1 saturated heterocycles. The molecule has 2 bridgehead atoms. The highest BCUT2D eigenvalue weighted by Crippen LogP contribution is 2.57. The van der Waals surface area contributed by atoms with Gasteiger partial charge in [-0.05, 0) is 47.5 Å². The Hall–Kier alpha value is -3.93. The summed E-state index contributed by atoms with van der Waals surface area (Å²) < 4.78 is 0. The minimum Gasteiger partial charge on any atom is -0.299 e. The van der Waals surface area contributed by atoms with Crippen LogP contribution in [0.25, 0.3) is 0 Å². The van der Waals surface area contributed by atoms with E-state index >= 15 is 0 Å². The van der Waals surface area contributed by atoms with Gasteiger partial charge in [-0.2, -0.15) is 10.2 Å². The molecule has 1 aliphatic heterocycles. The van der Waals surface area contributed by atoms with Gasteiger partial charge in [0.2, 0.25) is 11.8 Å². The molecule has 0 aromatic heterocycles. The molecule has 6 heteroatoms. The van der Waals surface area contributed by atoms with E-state index in [1.165, 1.54) is 4.90 Å². The number of azo groups is 1. The summed E-state index contributed by atoms with van der Waals surface area (Å²) >= 11 is 0. The number of Topliss-reactive ketones (excluding diaryl/α,β-unsaturated/α-hetero) is 1. The zero-order valence-electron chi connectivity index (χ0n) is 17.1. The van der Waals surface area contributed by atoms with Crippen molar-refractivity contribution in [3.8, 4) is 0 Å². The van der Waals surface area contributed by atoms with Crippen molar-refractivity contribution in [1.82, 2.24) is 0 Å². The summed E-state index contributed by atoms with van der Waals surface area (Å²) in [5.74, 6) is -2.27. The maximum Gasteiger partial charge on any atom is 0.238 e. The smallest absolute Gasteiger partial charge is 0.238 e. The van der Waals surface area contributed by atoms with Crippen LogP contribution < -0.4 is 4.90 Å². The van der Waals surface area contributed by atoms with Gasteiger partial charge in [0.15, 0.2) is 0 Å². The molecule has 0 N–H and O–H groups in total. The Morgan fingerprint density at radius 3 is 1.97 bits per heavy atom. The van der Waals surface area contributed by atoms with E-state index in [1.807, 2.05) is 54.6 Å². The molecule has 0 radical (unpaired) electrons. The molecule has 0 spiro atoms. The standard InChI is InChI=1S/C26H19N3O3/c30-21-14-20-18-8-4-5-9-19(18)22(21)24-23(20)25(31)29(26(24)32)17-12-10-16(11-13-17)28-27-15-6-2-1-3-7-15/h1-13,20,22-24H,14H2/t20-,22+,23-,24+/m1/s1. The number of carbonyl (C=O) groups excluding carboxylic acids is 3. The van der Waals surface area contributed by atoms with Crippen LogP contribution in [0.4, 0.5) is 17.1 Å². The molecule has 156 valence electrons. The molecule has 4 aliphatic rings. The van der Waals surface area contributed by atoms with Gasteiger partial charge in [-0.3, -0.25) is 19.3 Å². The van der Waals surface area contributed by atoms with Crippen LogP contribution in [0.3, 0.4) is 0 Å². The Balaban J connectivity index is 1.31. The topological polar surface area (TPSA) is 79.2 Å². The fourth-order valence-electron chi connectivity index (χ4n) is 5.49. The lowest BCUT2D eigenvalue weighted by molar-refractivity contribution is -0.134. The second kappa shape index (κ2) is 7.05. The number of hydrogen-bond acceptors (Lipinski definition) is 5. The number of fused-ring (bicyclic) bond motifs is 1. The Kier molecular flexibility index (Phi) is 4.15. The van der Waals surface area contributed by atoms with Gasteiger partial charge in [-0.15, -0.1) is 0 Å². The average Bonchev–Trinajstić information content (AvgIpc) is 3.10. The number of nitrogens with zero attached hydrogens (tertiary/aromatic N) is 3. The molecule has 1 heterocycles. The second-order valence-corrected chi connectivity index (χ2v) is 8.50. The Labute approximate surface area is 184 Å². The second-order valence-electron chi connectivity index (χ2n) is 8.50. The molecule has 0 unspecified atom stereocenters. The van der Waals surface area contributed by atoms with Crippen LogP contribution in [0.15, 0.2) is 89.1 Å². The first-order valence-electron chi connectivity index (χ1n) is 10.7. The van der Waals surface area contributed by atoms with Crippen molar-refractivity contribution in [2.24, 2.45) is 22.1 Å². The van der Waals surface area contributed by atoms with Gasteiger partial charge >= 0.3 is 0 Å². The number of carbonyl (C=O) groups is 3. The third-order valence-electron chi connectivity index (χ3n) is 6.83. The molecule has 32 heavy (non-hydrogen) atoms. The van der Waals surface area contributed by atoms with Crippen LogP contribution in [0.5, 0.6) is 0 Å². The quantitative estimate of drug-likeness (QED) is 0.438. The molecule has 3 aromatic carbocycles. The zero-order chi connectivity index (χ0) is 21.8. The van der Waals surface area contributed by atoms with E-state index in [9.17, 15) is 14.4 Å². The first kappa shape index (κ1) is 18.8. The molecular formula is C26H19N3O3. The Bertz CT molecular complexity index is 1280. The Morgan fingerprint density at radius 1 is 0.656 bits per heavy atom. The lowest BCUT2D eigenvalue weighted by Gasteiger charge is -2.43. The molecule has 3 aliphatic carbocycles. The van der Waals surface area contributed by atoms with Crippen LogP contribution in [-0.4, -0.2) is 17.6 Å². The highest BCUT2D eigenvalue weighted by molar-refractivity contribution is 6.24. The summed E-state index contributed by atoms with van der Waals surface area (Å²) in [7, 11) is 0. The molecule has 1 saturated carbocycles. The first-order chi connectivity index (χ1) is 15.6. The summed E-state index contributed by atoms with van der Waals surface area (Å²) in [5, 5.41) is 8.41. The summed E-state index contributed by atoms with van der Waals surface area (Å²) in [6, 6.07) is 24.0. The molecule has 6 nitrogen and oxygen atoms in total. The molecule has 7 rings (SSSR count). The maximum atomic E-state index is 13.4. The third kappa shape index (κ3) is 2.69. The highest BCUT2D eigenvalue weighted by Gasteiger charge is 2.62. The van der Waals surface area contributed by atoms with Crippen molar-refractivity contribution in [3.63, 3.8) is 0 Å². The minimum absolute atomic E-state index is 0.0645. The fourth-order valence-corrected chi connectivity index (χ4v) is 5.49. The summed E-state index contributed by atoms with van der Waals surface area (Å²) in [5.41, 5.74) is 3.82. The Morgan fingerprint density at radius 2 is 1.25 bits per heavy atom. The van der Waals surface area contributed by atoms with Crippen LogP contribution >= 0.6 is 0 Å². The number of amides is 2. The van der Waals surface area contributed by atoms with Gasteiger partial charge in [0.05, 0.1) is 34.8 Å². The van der Waals surface area contributed by atoms with Crippen LogP contribution in [0.1, 0.15) is 29.4 Å². The van der Waals surface area contributed by atoms with Gasteiger partial charge in [0.1, 0.15) is 5.78 Å². The van der Waals surface area contributed by atoms with Crippen molar-refractivity contribution in [3.05, 3.63) is 90.0 Å². The summed E-state index contributed by atoms with van der Waals surface area (Å²) in [4.78, 5) is 40.9. The predicted octanol–water partition coefficient (Wildman–Crippen LogP) is 5.06. The van der Waals surface area contributed by atoms with E-state index < -0.39 is 17.8 Å². The number of anilines is 1. The zero-order valence-corrected chi connectivity index (χ0v) is 17.1. The van der Waals surface area contributed by atoms with E-state index in [4.69, 9.17) is 0 Å². The SMILES string of the molecule is O=C1C[C@@H]2c3ccccc3[C@@H]1[C@@H]1C(=O)N(c3ccc(N=Nc4ccccc4)cc3)C(=O)[C@@H]12. The van der Waals surface area contributed by atoms with E-state index in [2.05, 4.69) is 10.2 Å². The number of ketones is 1. The lowest BCUT2D eigenvalue weighted by Crippen LogP contribution is -2.44. The molecule has 2 amide bonds. The van der Waals surface area contributed by atoms with Gasteiger partial charge in [-0.1, -0.05) is 42.5 Å². The number of imide groups is 1. The van der Waals surface area contributed by atoms with Crippen LogP contribution in [0.2, 0.25) is 0 Å². The van der Waals surface area contributed by atoms with Crippen molar-refractivity contribution in [2.75, 3.05) is 4.90 Å². The minimum atomic E-state index is -0.610. The largest absolute Gasteiger partial charge is 0.299 e. The summed E-state index contributed by atoms with van der Waals surface area (Å²) in [6.07, 6.45) is 0.328. The van der Waals surface area contributed by atoms with Gasteiger partial charge < -0.3 is 0 Å². The number of rotatable bonds is 3. The van der Waals surface area contributed by atoms with E-state index in [0.717, 1.165) is 16.8 Å². The van der Waals surface area contributed by atoms with Gasteiger partial charge in [0.25, 0.3) is 0 Å². The van der Waals surface area contributed by atoms with Crippen LogP contribution in [0, 0.1) is 11.8 Å². The fraction of sp³-hybridized carbons (Fsp3) is 0.192.